The number of benzene rings is 1. The maximum atomic E-state index is 14.0. The molecule has 0 atom stereocenters. The van der Waals surface area contributed by atoms with Crippen molar-refractivity contribution in [2.45, 2.75) is 12.8 Å². The second kappa shape index (κ2) is 7.46. The number of carbonyl (C=O) groups excluding carboxylic acids is 1. The Balaban J connectivity index is 1.76. The van der Waals surface area contributed by atoms with Gasteiger partial charge in [-0.2, -0.15) is 0 Å². The Kier molecular flexibility index (Phi) is 5.33. The molecule has 2 fully saturated rings. The van der Waals surface area contributed by atoms with Crippen LogP contribution < -0.4 is 16.0 Å². The van der Waals surface area contributed by atoms with Crippen LogP contribution in [0.3, 0.4) is 0 Å². The van der Waals surface area contributed by atoms with Crippen LogP contribution in [0, 0.1) is 11.2 Å². The molecule has 7 heteroatoms. The van der Waals surface area contributed by atoms with E-state index in [1.54, 1.807) is 6.07 Å². The van der Waals surface area contributed by atoms with Crippen molar-refractivity contribution in [3.8, 4) is 0 Å². The standard InChI is InChI=1S/C17H24FN3O3/c18-13-9-14(11-15(10-13)21-3-7-24-8-4-21)20-16(22)17(12-19)1-5-23-6-2-17/h9-11H,1-8,12,19H2,(H,20,22). The van der Waals surface area contributed by atoms with Gasteiger partial charge in [-0.1, -0.05) is 0 Å². The summed E-state index contributed by atoms with van der Waals surface area (Å²) < 4.78 is 24.7. The van der Waals surface area contributed by atoms with Gasteiger partial charge in [-0.25, -0.2) is 4.39 Å². The van der Waals surface area contributed by atoms with E-state index >= 15 is 0 Å². The highest BCUT2D eigenvalue weighted by Crippen LogP contribution is 2.32. The predicted molar refractivity (Wildman–Crippen MR) is 89.6 cm³/mol. The summed E-state index contributed by atoms with van der Waals surface area (Å²) in [5, 5.41) is 2.85. The molecule has 0 aromatic heterocycles. The van der Waals surface area contributed by atoms with Crippen molar-refractivity contribution >= 4 is 17.3 Å². The topological polar surface area (TPSA) is 76.8 Å². The number of nitrogens with one attached hydrogen (secondary N) is 1. The van der Waals surface area contributed by atoms with Crippen molar-refractivity contribution in [3.63, 3.8) is 0 Å². The lowest BCUT2D eigenvalue weighted by atomic mass is 9.79. The van der Waals surface area contributed by atoms with Gasteiger partial charge in [0, 0.05) is 44.2 Å². The lowest BCUT2D eigenvalue weighted by Gasteiger charge is -2.34. The smallest absolute Gasteiger partial charge is 0.232 e. The molecule has 1 aromatic rings. The van der Waals surface area contributed by atoms with Crippen LogP contribution in [-0.2, 0) is 14.3 Å². The first-order chi connectivity index (χ1) is 11.6. The molecule has 0 radical (unpaired) electrons. The Hall–Kier alpha value is -1.70. The molecule has 0 spiro atoms. The first kappa shape index (κ1) is 17.1. The Morgan fingerprint density at radius 2 is 1.83 bits per heavy atom. The summed E-state index contributed by atoms with van der Waals surface area (Å²) in [4.78, 5) is 14.8. The molecule has 24 heavy (non-hydrogen) atoms. The van der Waals surface area contributed by atoms with Crippen molar-refractivity contribution in [3.05, 3.63) is 24.0 Å². The van der Waals surface area contributed by atoms with Gasteiger partial charge in [-0.05, 0) is 31.0 Å². The Morgan fingerprint density at radius 1 is 1.17 bits per heavy atom. The summed E-state index contributed by atoms with van der Waals surface area (Å²) in [5.74, 6) is -0.533. The molecule has 1 aromatic carbocycles. The van der Waals surface area contributed by atoms with E-state index in [4.69, 9.17) is 15.2 Å². The predicted octanol–water partition coefficient (Wildman–Crippen LogP) is 1.36. The monoisotopic (exact) mass is 337 g/mol. The lowest BCUT2D eigenvalue weighted by molar-refractivity contribution is -0.130. The van der Waals surface area contributed by atoms with Crippen LogP contribution in [0.15, 0.2) is 18.2 Å². The van der Waals surface area contributed by atoms with Gasteiger partial charge in [0.25, 0.3) is 0 Å². The summed E-state index contributed by atoms with van der Waals surface area (Å²) in [5.41, 5.74) is 6.43. The van der Waals surface area contributed by atoms with Crippen LogP contribution in [0.1, 0.15) is 12.8 Å². The molecule has 6 nitrogen and oxygen atoms in total. The number of hydrogen-bond acceptors (Lipinski definition) is 5. The molecule has 0 unspecified atom stereocenters. The van der Waals surface area contributed by atoms with E-state index in [0.717, 1.165) is 5.69 Å². The van der Waals surface area contributed by atoms with E-state index < -0.39 is 5.41 Å². The molecule has 2 heterocycles. The van der Waals surface area contributed by atoms with Gasteiger partial charge in [-0.15, -0.1) is 0 Å². The normalized spacial score (nSPS) is 20.7. The lowest BCUT2D eigenvalue weighted by Crippen LogP contribution is -2.46. The minimum Gasteiger partial charge on any atom is -0.381 e. The Labute approximate surface area is 141 Å². The molecule has 0 aliphatic carbocycles. The average Bonchev–Trinajstić information content (AvgIpc) is 2.62. The van der Waals surface area contributed by atoms with Crippen LogP contribution in [0.2, 0.25) is 0 Å². The molecule has 0 saturated carbocycles. The maximum Gasteiger partial charge on any atom is 0.232 e. The zero-order chi connectivity index (χ0) is 17.0. The number of ether oxygens (including phenoxy) is 2. The number of carbonyl (C=O) groups is 1. The first-order valence-electron chi connectivity index (χ1n) is 8.35. The average molecular weight is 337 g/mol. The molecule has 3 N–H and O–H groups in total. The summed E-state index contributed by atoms with van der Waals surface area (Å²) in [6.45, 7) is 3.96. The number of anilines is 2. The number of morpholine rings is 1. The third-order valence-electron chi connectivity index (χ3n) is 4.84. The van der Waals surface area contributed by atoms with E-state index in [0.29, 0.717) is 58.0 Å². The number of hydrogen-bond donors (Lipinski definition) is 2. The van der Waals surface area contributed by atoms with Crippen LogP contribution >= 0.6 is 0 Å². The molecule has 1 amide bonds. The second-order valence-electron chi connectivity index (χ2n) is 6.35. The molecule has 2 aliphatic rings. The Bertz CT molecular complexity index is 584. The van der Waals surface area contributed by atoms with E-state index in [-0.39, 0.29) is 18.3 Å². The zero-order valence-electron chi connectivity index (χ0n) is 13.7. The summed E-state index contributed by atoms with van der Waals surface area (Å²) in [6.07, 6.45) is 1.17. The van der Waals surface area contributed by atoms with Crippen molar-refractivity contribution in [1.82, 2.24) is 0 Å². The quantitative estimate of drug-likeness (QED) is 0.867. The molecular weight excluding hydrogens is 313 g/mol. The number of nitrogens with zero attached hydrogens (tertiary/aromatic N) is 1. The fraction of sp³-hybridized carbons (Fsp3) is 0.588. The van der Waals surface area contributed by atoms with Gasteiger partial charge in [0.2, 0.25) is 5.91 Å². The molecule has 2 aliphatic heterocycles. The third-order valence-corrected chi connectivity index (χ3v) is 4.84. The SMILES string of the molecule is NCC1(C(=O)Nc2cc(F)cc(N3CCOCC3)c2)CCOCC1. The van der Waals surface area contributed by atoms with Crippen molar-refractivity contribution in [2.24, 2.45) is 11.1 Å². The van der Waals surface area contributed by atoms with E-state index in [1.165, 1.54) is 12.1 Å². The summed E-state index contributed by atoms with van der Waals surface area (Å²) in [7, 11) is 0. The fourth-order valence-electron chi connectivity index (χ4n) is 3.20. The largest absolute Gasteiger partial charge is 0.381 e. The molecular formula is C17H24FN3O3. The van der Waals surface area contributed by atoms with Gasteiger partial charge in [0.1, 0.15) is 5.82 Å². The van der Waals surface area contributed by atoms with Gasteiger partial charge in [-0.3, -0.25) is 4.79 Å². The van der Waals surface area contributed by atoms with Crippen molar-refractivity contribution in [2.75, 3.05) is 56.3 Å². The number of rotatable bonds is 4. The second-order valence-corrected chi connectivity index (χ2v) is 6.35. The maximum absolute atomic E-state index is 14.0. The van der Waals surface area contributed by atoms with E-state index in [1.807, 2.05) is 0 Å². The van der Waals surface area contributed by atoms with Gasteiger partial charge in [0.15, 0.2) is 0 Å². The van der Waals surface area contributed by atoms with Gasteiger partial charge >= 0.3 is 0 Å². The van der Waals surface area contributed by atoms with Crippen LogP contribution in [0.25, 0.3) is 0 Å². The highest BCUT2D eigenvalue weighted by atomic mass is 19.1. The highest BCUT2D eigenvalue weighted by molar-refractivity contribution is 5.96. The minimum atomic E-state index is -0.635. The summed E-state index contributed by atoms with van der Waals surface area (Å²) in [6, 6.07) is 4.62. The van der Waals surface area contributed by atoms with Crippen LogP contribution in [-0.4, -0.2) is 52.0 Å². The number of nitrogens with two attached hydrogens (primary N) is 1. The van der Waals surface area contributed by atoms with E-state index in [9.17, 15) is 9.18 Å². The first-order valence-corrected chi connectivity index (χ1v) is 8.35. The molecule has 2 saturated heterocycles. The minimum absolute atomic E-state index is 0.160. The van der Waals surface area contributed by atoms with Crippen molar-refractivity contribution < 1.29 is 18.7 Å². The third kappa shape index (κ3) is 3.68. The van der Waals surface area contributed by atoms with Crippen LogP contribution in [0.4, 0.5) is 15.8 Å². The fourth-order valence-corrected chi connectivity index (χ4v) is 3.20. The summed E-state index contributed by atoms with van der Waals surface area (Å²) >= 11 is 0. The number of amides is 1. The van der Waals surface area contributed by atoms with Gasteiger partial charge in [0.05, 0.1) is 18.6 Å². The molecule has 0 bridgehead atoms. The zero-order valence-corrected chi connectivity index (χ0v) is 13.7. The number of halogens is 1. The van der Waals surface area contributed by atoms with Gasteiger partial charge < -0.3 is 25.4 Å². The molecule has 132 valence electrons. The highest BCUT2D eigenvalue weighted by Gasteiger charge is 2.38. The molecule has 3 rings (SSSR count). The van der Waals surface area contributed by atoms with E-state index in [2.05, 4.69) is 10.2 Å². The Morgan fingerprint density at radius 3 is 2.50 bits per heavy atom. The van der Waals surface area contributed by atoms with Crippen LogP contribution in [0.5, 0.6) is 0 Å². The van der Waals surface area contributed by atoms with Crippen molar-refractivity contribution in [1.29, 1.82) is 0 Å².